The molecule has 7 heteroatoms. The number of hydrogen-bond acceptors (Lipinski definition) is 3. The number of benzene rings is 2. The number of halogens is 1. The molecule has 2 amide bonds. The van der Waals surface area contributed by atoms with E-state index in [-0.39, 0.29) is 29.6 Å². The molecular formula is C28H33ClN4O2. The molecule has 6 nitrogen and oxygen atoms in total. The van der Waals surface area contributed by atoms with Crippen molar-refractivity contribution in [3.63, 3.8) is 0 Å². The minimum Gasteiger partial charge on any atom is -0.342 e. The SMILES string of the molecule is CC1(c2cccc(-c3cccc(Cl)c3)c2)NC(=N)N(C[C@@H]2CCN(C(=O)C3CCCCC3)C2)C1=O. The lowest BCUT2D eigenvalue weighted by atomic mass is 9.88. The van der Waals surface area contributed by atoms with E-state index in [1.54, 1.807) is 4.90 Å². The van der Waals surface area contributed by atoms with Gasteiger partial charge in [-0.25, -0.2) is 0 Å². The molecule has 1 saturated carbocycles. The molecule has 2 aliphatic heterocycles. The van der Waals surface area contributed by atoms with Gasteiger partial charge in [-0.1, -0.05) is 61.2 Å². The number of carbonyl (C=O) groups is 2. The van der Waals surface area contributed by atoms with Gasteiger partial charge in [0.2, 0.25) is 5.91 Å². The number of hydrogen-bond donors (Lipinski definition) is 2. The van der Waals surface area contributed by atoms with Crippen LogP contribution in [-0.4, -0.2) is 47.2 Å². The standard InChI is InChI=1S/C28H33ClN4O2/c1-28(23-11-5-9-21(15-23)22-10-6-12-24(29)16-22)26(35)33(27(30)31-28)18-19-13-14-32(17-19)25(34)20-7-3-2-4-8-20/h5-6,9-12,15-16,19-20H,2-4,7-8,13-14,17-18H2,1H3,(H2,30,31)/t19-,28?/m1/s1. The van der Waals surface area contributed by atoms with E-state index >= 15 is 0 Å². The van der Waals surface area contributed by atoms with Crippen molar-refractivity contribution in [3.05, 3.63) is 59.1 Å². The van der Waals surface area contributed by atoms with Crippen molar-refractivity contribution in [2.24, 2.45) is 11.8 Å². The first-order valence-electron chi connectivity index (χ1n) is 12.7. The third-order valence-corrected chi connectivity index (χ3v) is 8.14. The van der Waals surface area contributed by atoms with Gasteiger partial charge in [-0.05, 0) is 67.0 Å². The number of guanidine groups is 1. The predicted molar refractivity (Wildman–Crippen MR) is 138 cm³/mol. The summed E-state index contributed by atoms with van der Waals surface area (Å²) in [5.41, 5.74) is 1.75. The number of carbonyl (C=O) groups excluding carboxylic acids is 2. The first-order chi connectivity index (χ1) is 16.8. The molecule has 2 N–H and O–H groups in total. The molecule has 184 valence electrons. The summed E-state index contributed by atoms with van der Waals surface area (Å²) in [5.74, 6) is 0.654. The molecule has 1 unspecified atom stereocenters. The second-order valence-electron chi connectivity index (χ2n) is 10.4. The van der Waals surface area contributed by atoms with E-state index in [2.05, 4.69) is 5.32 Å². The number of likely N-dealkylation sites (tertiary alicyclic amines) is 1. The number of amides is 2. The van der Waals surface area contributed by atoms with Crippen LogP contribution in [0.15, 0.2) is 48.5 Å². The molecule has 0 radical (unpaired) electrons. The van der Waals surface area contributed by atoms with Crippen molar-refractivity contribution in [3.8, 4) is 11.1 Å². The third-order valence-electron chi connectivity index (χ3n) is 7.90. The van der Waals surface area contributed by atoms with Crippen LogP contribution in [0, 0.1) is 17.2 Å². The largest absolute Gasteiger partial charge is 0.342 e. The lowest BCUT2D eigenvalue weighted by Crippen LogP contribution is -2.42. The molecular weight excluding hydrogens is 460 g/mol. The van der Waals surface area contributed by atoms with E-state index in [1.165, 1.54) is 6.42 Å². The average molecular weight is 493 g/mol. The summed E-state index contributed by atoms with van der Waals surface area (Å²) in [6, 6.07) is 15.5. The van der Waals surface area contributed by atoms with E-state index < -0.39 is 5.54 Å². The molecule has 2 saturated heterocycles. The second kappa shape index (κ2) is 9.65. The third kappa shape index (κ3) is 4.68. The van der Waals surface area contributed by atoms with Crippen molar-refractivity contribution < 1.29 is 9.59 Å². The van der Waals surface area contributed by atoms with E-state index in [0.717, 1.165) is 55.3 Å². The van der Waals surface area contributed by atoms with Gasteiger partial charge in [0, 0.05) is 30.6 Å². The van der Waals surface area contributed by atoms with Gasteiger partial charge in [-0.2, -0.15) is 0 Å². The molecule has 35 heavy (non-hydrogen) atoms. The summed E-state index contributed by atoms with van der Waals surface area (Å²) in [6.07, 6.45) is 6.42. The molecule has 2 aromatic rings. The molecule has 3 fully saturated rings. The molecule has 3 aliphatic rings. The highest BCUT2D eigenvalue weighted by Gasteiger charge is 2.48. The van der Waals surface area contributed by atoms with Crippen LogP contribution in [0.2, 0.25) is 5.02 Å². The van der Waals surface area contributed by atoms with Gasteiger partial charge in [0.1, 0.15) is 5.54 Å². The maximum Gasteiger partial charge on any atom is 0.259 e. The number of nitrogens with zero attached hydrogens (tertiary/aromatic N) is 2. The fraction of sp³-hybridized carbons (Fsp3) is 0.464. The molecule has 0 aromatic heterocycles. The van der Waals surface area contributed by atoms with Gasteiger partial charge in [0.25, 0.3) is 5.91 Å². The van der Waals surface area contributed by atoms with Crippen molar-refractivity contribution >= 4 is 29.4 Å². The Balaban J connectivity index is 1.28. The minimum atomic E-state index is -1.01. The highest BCUT2D eigenvalue weighted by atomic mass is 35.5. The van der Waals surface area contributed by atoms with Crippen LogP contribution in [0.3, 0.4) is 0 Å². The zero-order valence-corrected chi connectivity index (χ0v) is 21.0. The van der Waals surface area contributed by atoms with Crippen molar-refractivity contribution in [1.82, 2.24) is 15.1 Å². The Bertz CT molecular complexity index is 1150. The quantitative estimate of drug-likeness (QED) is 0.615. The van der Waals surface area contributed by atoms with Gasteiger partial charge >= 0.3 is 0 Å². The van der Waals surface area contributed by atoms with Crippen LogP contribution >= 0.6 is 11.6 Å². The average Bonchev–Trinajstić information content (AvgIpc) is 3.43. The van der Waals surface area contributed by atoms with Crippen molar-refractivity contribution in [2.45, 2.75) is 51.0 Å². The summed E-state index contributed by atoms with van der Waals surface area (Å²) >= 11 is 6.18. The van der Waals surface area contributed by atoms with Crippen LogP contribution in [0.25, 0.3) is 11.1 Å². The Labute approximate surface area is 212 Å². The van der Waals surface area contributed by atoms with Gasteiger partial charge in [0.15, 0.2) is 5.96 Å². The van der Waals surface area contributed by atoms with Gasteiger partial charge in [-0.15, -0.1) is 0 Å². The predicted octanol–water partition coefficient (Wildman–Crippen LogP) is 5.02. The van der Waals surface area contributed by atoms with E-state index in [4.69, 9.17) is 17.0 Å². The van der Waals surface area contributed by atoms with Gasteiger partial charge in [0.05, 0.1) is 0 Å². The lowest BCUT2D eigenvalue weighted by Gasteiger charge is -2.27. The summed E-state index contributed by atoms with van der Waals surface area (Å²) in [6.45, 7) is 3.73. The van der Waals surface area contributed by atoms with E-state index in [9.17, 15) is 9.59 Å². The van der Waals surface area contributed by atoms with E-state index in [0.29, 0.717) is 18.1 Å². The normalized spacial score (nSPS) is 25.3. The lowest BCUT2D eigenvalue weighted by molar-refractivity contribution is -0.135. The summed E-state index contributed by atoms with van der Waals surface area (Å²) in [4.78, 5) is 30.1. The maximum atomic E-state index is 13.6. The first kappa shape index (κ1) is 23.9. The molecule has 1 aliphatic carbocycles. The molecule has 0 spiro atoms. The maximum absolute atomic E-state index is 13.6. The molecule has 5 rings (SSSR count). The Kier molecular flexibility index (Phi) is 6.58. The Morgan fingerprint density at radius 2 is 1.80 bits per heavy atom. The fourth-order valence-electron chi connectivity index (χ4n) is 5.82. The van der Waals surface area contributed by atoms with Crippen LogP contribution in [0.5, 0.6) is 0 Å². The number of rotatable bonds is 5. The topological polar surface area (TPSA) is 76.5 Å². The summed E-state index contributed by atoms with van der Waals surface area (Å²) in [5, 5.41) is 12.4. The molecule has 2 heterocycles. The molecule has 2 atom stereocenters. The van der Waals surface area contributed by atoms with E-state index in [1.807, 2.05) is 60.4 Å². The zero-order valence-electron chi connectivity index (χ0n) is 20.2. The summed E-state index contributed by atoms with van der Waals surface area (Å²) < 4.78 is 0. The fourth-order valence-corrected chi connectivity index (χ4v) is 6.01. The van der Waals surface area contributed by atoms with Gasteiger partial charge in [-0.3, -0.25) is 19.9 Å². The smallest absolute Gasteiger partial charge is 0.259 e. The first-order valence-corrected chi connectivity index (χ1v) is 13.1. The highest BCUT2D eigenvalue weighted by molar-refractivity contribution is 6.30. The minimum absolute atomic E-state index is 0.122. The second-order valence-corrected chi connectivity index (χ2v) is 10.8. The van der Waals surface area contributed by atoms with Crippen LogP contribution < -0.4 is 5.32 Å². The summed E-state index contributed by atoms with van der Waals surface area (Å²) in [7, 11) is 0. The molecule has 0 bridgehead atoms. The Morgan fingerprint density at radius 3 is 2.54 bits per heavy atom. The van der Waals surface area contributed by atoms with Gasteiger partial charge < -0.3 is 10.2 Å². The van der Waals surface area contributed by atoms with Crippen LogP contribution in [0.4, 0.5) is 0 Å². The van der Waals surface area contributed by atoms with Crippen molar-refractivity contribution in [1.29, 1.82) is 5.41 Å². The van der Waals surface area contributed by atoms with Crippen LogP contribution in [0.1, 0.15) is 51.0 Å². The zero-order chi connectivity index (χ0) is 24.6. The Hall–Kier alpha value is -2.86. The van der Waals surface area contributed by atoms with Crippen molar-refractivity contribution in [2.75, 3.05) is 19.6 Å². The monoisotopic (exact) mass is 492 g/mol. The molecule has 2 aromatic carbocycles. The Morgan fingerprint density at radius 1 is 1.09 bits per heavy atom. The highest BCUT2D eigenvalue weighted by Crippen LogP contribution is 2.34. The van der Waals surface area contributed by atoms with Crippen LogP contribution in [-0.2, 0) is 15.1 Å². The number of nitrogens with one attached hydrogen (secondary N) is 2.